The summed E-state index contributed by atoms with van der Waals surface area (Å²) in [5.74, 6) is 0.975. The Bertz CT molecular complexity index is 2060. The predicted molar refractivity (Wildman–Crippen MR) is 235 cm³/mol. The maximum atomic E-state index is 12.8. The van der Waals surface area contributed by atoms with Crippen molar-refractivity contribution >= 4 is 84.3 Å². The summed E-state index contributed by atoms with van der Waals surface area (Å²) in [6.45, 7) is 6.19. The second kappa shape index (κ2) is 19.5. The third kappa shape index (κ3) is 9.47. The van der Waals surface area contributed by atoms with Crippen LogP contribution in [0, 0.1) is 11.8 Å². The number of nitrogens with zero attached hydrogens (tertiary/aromatic N) is 2. The molecule has 7 nitrogen and oxygen atoms in total. The van der Waals surface area contributed by atoms with Crippen LogP contribution >= 0.6 is 55.1 Å². The Morgan fingerprint density at radius 3 is 1.73 bits per heavy atom. The van der Waals surface area contributed by atoms with Gasteiger partial charge in [0.2, 0.25) is 0 Å². The van der Waals surface area contributed by atoms with Crippen molar-refractivity contribution in [1.29, 1.82) is 0 Å². The second-order valence-electron chi connectivity index (χ2n) is 14.0. The number of carbonyl (C=O) groups is 1. The zero-order valence-electron chi connectivity index (χ0n) is 29.5. The van der Waals surface area contributed by atoms with Gasteiger partial charge >= 0.3 is 5.97 Å². The minimum absolute atomic E-state index is 0. The SMILES string of the molecule is C.C.CCOC(=O)C1=Cc2cc(Cl)ccc2C(C2CCNCC2)c2ncc(Br)cc21.OCC1=Cc2cc(Cl)ccc2C(C2CCNCC2)c2ncc(Br)cc21. The highest BCUT2D eigenvalue weighted by molar-refractivity contribution is 9.10. The van der Waals surface area contributed by atoms with Crippen LogP contribution in [0.3, 0.4) is 0 Å². The first-order valence-electron chi connectivity index (χ1n) is 18.3. The molecule has 2 aromatic carbocycles. The van der Waals surface area contributed by atoms with E-state index < -0.39 is 0 Å². The summed E-state index contributed by atoms with van der Waals surface area (Å²) < 4.78 is 7.14. The lowest BCUT2D eigenvalue weighted by molar-refractivity contribution is -0.136. The molecule has 2 fully saturated rings. The summed E-state index contributed by atoms with van der Waals surface area (Å²) >= 11 is 19.6. The number of esters is 1. The number of aliphatic hydroxyl groups is 1. The molecule has 2 aliphatic heterocycles. The maximum absolute atomic E-state index is 12.8. The molecule has 0 bridgehead atoms. The number of hydrogen-bond donors (Lipinski definition) is 3. The van der Waals surface area contributed by atoms with Gasteiger partial charge in [-0.2, -0.15) is 0 Å². The van der Waals surface area contributed by atoms with Crippen molar-refractivity contribution in [3.8, 4) is 0 Å². The summed E-state index contributed by atoms with van der Waals surface area (Å²) in [7, 11) is 0. The van der Waals surface area contributed by atoms with E-state index in [2.05, 4.69) is 66.8 Å². The highest BCUT2D eigenvalue weighted by Crippen LogP contribution is 2.46. The quantitative estimate of drug-likeness (QED) is 0.172. The van der Waals surface area contributed by atoms with E-state index in [1.807, 2.05) is 55.7 Å². The van der Waals surface area contributed by atoms with Gasteiger partial charge in [-0.15, -0.1) is 0 Å². The van der Waals surface area contributed by atoms with Crippen molar-refractivity contribution in [2.75, 3.05) is 39.4 Å². The van der Waals surface area contributed by atoms with Crippen LogP contribution in [0.2, 0.25) is 10.0 Å². The summed E-state index contributed by atoms with van der Waals surface area (Å²) in [5.41, 5.74) is 9.79. The lowest BCUT2D eigenvalue weighted by atomic mass is 9.76. The third-order valence-corrected chi connectivity index (χ3v) is 12.1. The number of pyridine rings is 2. The number of piperidine rings is 2. The summed E-state index contributed by atoms with van der Waals surface area (Å²) in [6, 6.07) is 16.1. The van der Waals surface area contributed by atoms with E-state index in [9.17, 15) is 9.90 Å². The van der Waals surface area contributed by atoms with Crippen LogP contribution in [0.25, 0.3) is 23.3 Å². The molecule has 11 heteroatoms. The topological polar surface area (TPSA) is 96.4 Å². The molecule has 4 aliphatic rings. The molecule has 0 spiro atoms. The molecule has 2 aromatic heterocycles. The van der Waals surface area contributed by atoms with E-state index in [0.29, 0.717) is 29.0 Å². The van der Waals surface area contributed by atoms with Crippen molar-refractivity contribution < 1.29 is 14.6 Å². The maximum Gasteiger partial charge on any atom is 0.338 e. The Hall–Kier alpha value is -2.89. The molecule has 2 saturated heterocycles. The zero-order valence-corrected chi connectivity index (χ0v) is 34.2. The monoisotopic (exact) mass is 910 g/mol. The predicted octanol–water partition coefficient (Wildman–Crippen LogP) is 10.8. The number of fused-ring (bicyclic) bond motifs is 4. The lowest BCUT2D eigenvalue weighted by Gasteiger charge is -2.32. The molecule has 4 heterocycles. The first-order chi connectivity index (χ1) is 25.7. The van der Waals surface area contributed by atoms with E-state index in [-0.39, 0.29) is 39.3 Å². The molecule has 55 heavy (non-hydrogen) atoms. The van der Waals surface area contributed by atoms with E-state index in [1.54, 1.807) is 0 Å². The largest absolute Gasteiger partial charge is 0.462 e. The lowest BCUT2D eigenvalue weighted by Crippen LogP contribution is -2.32. The molecule has 0 saturated carbocycles. The highest BCUT2D eigenvalue weighted by atomic mass is 79.9. The Labute approximate surface area is 352 Å². The van der Waals surface area contributed by atoms with Gasteiger partial charge < -0.3 is 20.5 Å². The Balaban J connectivity index is 0.000000205. The fourth-order valence-corrected chi connectivity index (χ4v) is 9.41. The minimum Gasteiger partial charge on any atom is -0.462 e. The number of ether oxygens (including phenoxy) is 1. The Morgan fingerprint density at radius 2 is 1.24 bits per heavy atom. The average Bonchev–Trinajstić information content (AvgIpc) is 3.39. The van der Waals surface area contributed by atoms with Gasteiger partial charge in [0.05, 0.1) is 30.2 Å². The molecule has 0 radical (unpaired) electrons. The molecular weight excluding hydrogens is 863 g/mol. The van der Waals surface area contributed by atoms with E-state index in [0.717, 1.165) is 105 Å². The molecule has 8 rings (SSSR count). The Kier molecular flexibility index (Phi) is 15.3. The fraction of sp³-hybridized carbons (Fsp3) is 0.386. The molecular formula is C44H50Br2Cl2N4O3. The van der Waals surface area contributed by atoms with Crippen molar-refractivity contribution in [3.05, 3.63) is 125 Å². The smallest absolute Gasteiger partial charge is 0.338 e. The number of hydrogen-bond acceptors (Lipinski definition) is 7. The van der Waals surface area contributed by atoms with E-state index in [4.69, 9.17) is 37.9 Å². The van der Waals surface area contributed by atoms with E-state index >= 15 is 0 Å². The van der Waals surface area contributed by atoms with Crippen LogP contribution in [-0.2, 0) is 9.53 Å². The average molecular weight is 914 g/mol. The molecule has 2 aliphatic carbocycles. The van der Waals surface area contributed by atoms with Gasteiger partial charge in [-0.1, -0.05) is 50.2 Å². The summed E-state index contributed by atoms with van der Waals surface area (Å²) in [5, 5.41) is 18.3. The van der Waals surface area contributed by atoms with Gasteiger partial charge in [0, 0.05) is 54.3 Å². The third-order valence-electron chi connectivity index (χ3n) is 10.8. The summed E-state index contributed by atoms with van der Waals surface area (Å²) in [4.78, 5) is 22.4. The number of nitrogens with one attached hydrogen (secondary N) is 2. The fourth-order valence-electron chi connectivity index (χ4n) is 8.39. The normalized spacial score (nSPS) is 19.1. The molecule has 292 valence electrons. The Morgan fingerprint density at radius 1 is 0.764 bits per heavy atom. The van der Waals surface area contributed by atoms with Crippen LogP contribution in [0.15, 0.2) is 69.9 Å². The first kappa shape index (κ1) is 43.2. The molecule has 0 amide bonds. The standard InChI is InChI=1S/C22H22BrClN2O2.C20H20BrClN2O.2CH4/c1-2-28-22(27)19-10-14-9-16(24)3-4-17(14)20(13-5-7-25-8-6-13)21-18(19)11-15(23)12-26-21;21-15-9-18-14(11-25)7-13-8-16(22)1-2-17(13)19(20(18)24-10-15)12-3-5-23-6-4-12;;/h3-4,9-13,20,25H,2,5-8H2,1H3;1-2,7-10,12,19,23,25H,3-6,11H2;2*1H4. The van der Waals surface area contributed by atoms with Crippen molar-refractivity contribution in [1.82, 2.24) is 20.6 Å². The number of benzene rings is 2. The van der Waals surface area contributed by atoms with Crippen LogP contribution in [0.4, 0.5) is 0 Å². The second-order valence-corrected chi connectivity index (χ2v) is 16.7. The van der Waals surface area contributed by atoms with Crippen LogP contribution in [0.1, 0.15) is 104 Å². The van der Waals surface area contributed by atoms with Crippen LogP contribution in [0.5, 0.6) is 0 Å². The van der Waals surface area contributed by atoms with Gasteiger partial charge in [0.15, 0.2) is 0 Å². The van der Waals surface area contributed by atoms with Gasteiger partial charge in [-0.25, -0.2) is 4.79 Å². The number of rotatable bonds is 5. The van der Waals surface area contributed by atoms with E-state index in [1.165, 1.54) is 11.1 Å². The van der Waals surface area contributed by atoms with Crippen LogP contribution < -0.4 is 10.6 Å². The van der Waals surface area contributed by atoms with Gasteiger partial charge in [0.1, 0.15) is 0 Å². The molecule has 4 aromatic rings. The van der Waals surface area contributed by atoms with Gasteiger partial charge in [0.25, 0.3) is 0 Å². The first-order valence-corrected chi connectivity index (χ1v) is 20.6. The van der Waals surface area contributed by atoms with Crippen LogP contribution in [-0.4, -0.2) is 60.4 Å². The highest BCUT2D eigenvalue weighted by Gasteiger charge is 2.36. The van der Waals surface area contributed by atoms with Crippen molar-refractivity contribution in [2.45, 2.75) is 59.3 Å². The van der Waals surface area contributed by atoms with Crippen molar-refractivity contribution in [3.63, 3.8) is 0 Å². The number of aliphatic hydroxyl groups excluding tert-OH is 1. The molecule has 3 N–H and O–H groups in total. The molecule has 2 atom stereocenters. The zero-order chi connectivity index (χ0) is 37.1. The molecule has 2 unspecified atom stereocenters. The van der Waals surface area contributed by atoms with Gasteiger partial charge in [-0.3, -0.25) is 9.97 Å². The summed E-state index contributed by atoms with van der Waals surface area (Å²) in [6.07, 6.45) is 12.0. The van der Waals surface area contributed by atoms with Gasteiger partial charge in [-0.05, 0) is 179 Å². The number of aromatic nitrogens is 2. The number of halogens is 4. The number of carbonyl (C=O) groups excluding carboxylic acids is 1. The van der Waals surface area contributed by atoms with Crippen molar-refractivity contribution in [2.24, 2.45) is 11.8 Å². The minimum atomic E-state index is -0.333.